The molecule has 2 aromatic rings. The number of β-amino-alcohol motifs (C(OH)–C–C–N with tert-alkyl or cyclic N) is 1. The molecule has 4 rings (SSSR count). The predicted molar refractivity (Wildman–Crippen MR) is 94.6 cm³/mol. The third kappa shape index (κ3) is 3.24. The lowest BCUT2D eigenvalue weighted by atomic mass is 9.97. The van der Waals surface area contributed by atoms with E-state index >= 15 is 0 Å². The molecule has 1 saturated heterocycles. The number of hydrogen-bond donors (Lipinski definition) is 1. The summed E-state index contributed by atoms with van der Waals surface area (Å²) < 4.78 is 5.55. The quantitative estimate of drug-likeness (QED) is 0.914. The fraction of sp³-hybridized carbons (Fsp3) is 0.400. The van der Waals surface area contributed by atoms with Gasteiger partial charge in [-0.1, -0.05) is 13.0 Å². The number of aromatic nitrogens is 1. The number of carbonyl (C=O) groups excluding carboxylic acids is 1. The summed E-state index contributed by atoms with van der Waals surface area (Å²) in [6.45, 7) is 3.86. The number of carbonyl (C=O) groups is 1. The fourth-order valence-corrected chi connectivity index (χ4v) is 3.75. The molecule has 5 nitrogen and oxygen atoms in total. The highest BCUT2D eigenvalue weighted by atomic mass is 16.5. The van der Waals surface area contributed by atoms with Crippen LogP contribution in [0.2, 0.25) is 0 Å². The first-order valence-electron chi connectivity index (χ1n) is 8.78. The zero-order valence-electron chi connectivity index (χ0n) is 14.3. The van der Waals surface area contributed by atoms with Gasteiger partial charge in [0.1, 0.15) is 5.75 Å². The molecule has 2 aliphatic rings. The van der Waals surface area contributed by atoms with Crippen LogP contribution in [0.25, 0.3) is 11.1 Å². The molecule has 3 heterocycles. The molecule has 2 atom stereocenters. The first kappa shape index (κ1) is 16.1. The number of rotatable bonds is 2. The third-order valence-electron chi connectivity index (χ3n) is 4.93. The third-order valence-corrected chi connectivity index (χ3v) is 4.93. The molecule has 1 aromatic carbocycles. The Morgan fingerprint density at radius 2 is 2.12 bits per heavy atom. The minimum Gasteiger partial charge on any atom is -0.493 e. The molecule has 0 spiro atoms. The molecule has 0 unspecified atom stereocenters. The Hall–Kier alpha value is -2.40. The largest absolute Gasteiger partial charge is 0.493 e. The lowest BCUT2D eigenvalue weighted by molar-refractivity contribution is 0.0338. The van der Waals surface area contributed by atoms with Crippen molar-refractivity contribution in [3.63, 3.8) is 0 Å². The molecule has 0 bridgehead atoms. The van der Waals surface area contributed by atoms with E-state index in [-0.39, 0.29) is 5.91 Å². The molecule has 0 radical (unpaired) electrons. The maximum Gasteiger partial charge on any atom is 0.255 e. The van der Waals surface area contributed by atoms with E-state index in [0.717, 1.165) is 36.3 Å². The lowest BCUT2D eigenvalue weighted by Gasteiger charge is -2.34. The van der Waals surface area contributed by atoms with Gasteiger partial charge >= 0.3 is 0 Å². The first-order chi connectivity index (χ1) is 12.1. The van der Waals surface area contributed by atoms with E-state index in [1.54, 1.807) is 17.3 Å². The number of aliphatic hydroxyl groups is 1. The molecule has 1 N–H and O–H groups in total. The van der Waals surface area contributed by atoms with Crippen molar-refractivity contribution in [1.29, 1.82) is 0 Å². The van der Waals surface area contributed by atoms with E-state index in [2.05, 4.69) is 18.0 Å². The van der Waals surface area contributed by atoms with Crippen molar-refractivity contribution in [3.8, 4) is 16.9 Å². The fourth-order valence-electron chi connectivity index (χ4n) is 3.75. The van der Waals surface area contributed by atoms with Gasteiger partial charge in [-0.3, -0.25) is 9.78 Å². The molecule has 0 saturated carbocycles. The number of benzene rings is 1. The van der Waals surface area contributed by atoms with Crippen LogP contribution in [0.1, 0.15) is 29.3 Å². The molecule has 0 aliphatic carbocycles. The molecule has 5 heteroatoms. The first-order valence-corrected chi connectivity index (χ1v) is 8.78. The van der Waals surface area contributed by atoms with E-state index in [9.17, 15) is 9.90 Å². The molecule has 1 fully saturated rings. The normalized spacial score (nSPS) is 22.4. The van der Waals surface area contributed by atoms with Crippen LogP contribution in [-0.2, 0) is 6.42 Å². The van der Waals surface area contributed by atoms with Gasteiger partial charge in [0.15, 0.2) is 0 Å². The smallest absolute Gasteiger partial charge is 0.255 e. The summed E-state index contributed by atoms with van der Waals surface area (Å²) in [5.74, 6) is 1.19. The topological polar surface area (TPSA) is 62.7 Å². The van der Waals surface area contributed by atoms with Crippen LogP contribution >= 0.6 is 0 Å². The van der Waals surface area contributed by atoms with E-state index < -0.39 is 6.10 Å². The van der Waals surface area contributed by atoms with E-state index in [1.165, 1.54) is 5.56 Å². The summed E-state index contributed by atoms with van der Waals surface area (Å²) >= 11 is 0. The highest BCUT2D eigenvalue weighted by Crippen LogP contribution is 2.30. The number of amides is 1. The summed E-state index contributed by atoms with van der Waals surface area (Å²) in [6, 6.07) is 7.98. The molecular formula is C20H22N2O3. The Kier molecular flexibility index (Phi) is 4.17. The summed E-state index contributed by atoms with van der Waals surface area (Å²) in [4.78, 5) is 18.8. The Bertz CT molecular complexity index is 795. The minimum atomic E-state index is -0.444. The highest BCUT2D eigenvalue weighted by molar-refractivity contribution is 5.95. The number of hydrogen-bond acceptors (Lipinski definition) is 4. The minimum absolute atomic E-state index is 0.0653. The van der Waals surface area contributed by atoms with Crippen LogP contribution in [0.4, 0.5) is 0 Å². The van der Waals surface area contributed by atoms with Gasteiger partial charge in [-0.25, -0.2) is 0 Å². The van der Waals surface area contributed by atoms with E-state index in [0.29, 0.717) is 24.6 Å². The van der Waals surface area contributed by atoms with Crippen LogP contribution in [0, 0.1) is 5.92 Å². The molecule has 1 amide bonds. The Morgan fingerprint density at radius 1 is 1.24 bits per heavy atom. The SMILES string of the molecule is C[C@@H]1C[C@H](O)CN(C(=O)c2cncc(-c3ccc4c(c3)CCO4)c2)C1. The van der Waals surface area contributed by atoms with Gasteiger partial charge in [0.25, 0.3) is 5.91 Å². The second-order valence-corrected chi connectivity index (χ2v) is 7.09. The van der Waals surface area contributed by atoms with Gasteiger partial charge in [0.05, 0.1) is 18.3 Å². The van der Waals surface area contributed by atoms with Crippen molar-refractivity contribution in [2.75, 3.05) is 19.7 Å². The van der Waals surface area contributed by atoms with Gasteiger partial charge in [-0.15, -0.1) is 0 Å². The maximum absolute atomic E-state index is 12.8. The second kappa shape index (κ2) is 6.48. The highest BCUT2D eigenvalue weighted by Gasteiger charge is 2.27. The molecule has 25 heavy (non-hydrogen) atoms. The maximum atomic E-state index is 12.8. The summed E-state index contributed by atoms with van der Waals surface area (Å²) in [7, 11) is 0. The molecule has 1 aromatic heterocycles. The monoisotopic (exact) mass is 338 g/mol. The van der Waals surface area contributed by atoms with Crippen molar-refractivity contribution < 1.29 is 14.6 Å². The number of piperidine rings is 1. The molecule has 130 valence electrons. The van der Waals surface area contributed by atoms with Gasteiger partial charge in [0.2, 0.25) is 0 Å². The van der Waals surface area contributed by atoms with Gasteiger partial charge in [0, 0.05) is 37.5 Å². The molecular weight excluding hydrogens is 316 g/mol. The number of pyridine rings is 1. The summed E-state index contributed by atoms with van der Waals surface area (Å²) in [6.07, 6.45) is 4.61. The summed E-state index contributed by atoms with van der Waals surface area (Å²) in [5.41, 5.74) is 3.72. The predicted octanol–water partition coefficient (Wildman–Crippen LogP) is 2.53. The second-order valence-electron chi connectivity index (χ2n) is 7.09. The number of aliphatic hydroxyl groups excluding tert-OH is 1. The Balaban J connectivity index is 1.60. The van der Waals surface area contributed by atoms with E-state index in [4.69, 9.17) is 4.74 Å². The van der Waals surface area contributed by atoms with Crippen LogP contribution in [0.3, 0.4) is 0 Å². The Labute approximate surface area is 147 Å². The standard InChI is InChI=1S/C20H22N2O3/c1-13-6-18(23)12-22(11-13)20(24)17-8-16(9-21-10-17)14-2-3-19-15(7-14)4-5-25-19/h2-3,7-10,13,18,23H,4-6,11-12H2,1H3/t13-,18+/m1/s1. The van der Waals surface area contributed by atoms with Crippen LogP contribution in [0.5, 0.6) is 5.75 Å². The number of fused-ring (bicyclic) bond motifs is 1. The van der Waals surface area contributed by atoms with Crippen molar-refractivity contribution in [3.05, 3.63) is 47.8 Å². The van der Waals surface area contributed by atoms with Crippen molar-refractivity contribution in [2.24, 2.45) is 5.92 Å². The lowest BCUT2D eigenvalue weighted by Crippen LogP contribution is -2.45. The van der Waals surface area contributed by atoms with Crippen molar-refractivity contribution in [2.45, 2.75) is 25.9 Å². The Morgan fingerprint density at radius 3 is 2.96 bits per heavy atom. The van der Waals surface area contributed by atoms with Crippen LogP contribution in [-0.4, -0.2) is 46.7 Å². The van der Waals surface area contributed by atoms with E-state index in [1.807, 2.05) is 18.2 Å². The van der Waals surface area contributed by atoms with Gasteiger partial charge < -0.3 is 14.7 Å². The average molecular weight is 338 g/mol. The van der Waals surface area contributed by atoms with Crippen LogP contribution in [0.15, 0.2) is 36.7 Å². The zero-order chi connectivity index (χ0) is 17.4. The average Bonchev–Trinajstić information content (AvgIpc) is 3.08. The van der Waals surface area contributed by atoms with Gasteiger partial charge in [-0.2, -0.15) is 0 Å². The number of nitrogens with zero attached hydrogens (tertiary/aromatic N) is 2. The van der Waals surface area contributed by atoms with Gasteiger partial charge in [-0.05, 0) is 41.7 Å². The molecule has 2 aliphatic heterocycles. The summed E-state index contributed by atoms with van der Waals surface area (Å²) in [5, 5.41) is 9.95. The van der Waals surface area contributed by atoms with Crippen molar-refractivity contribution in [1.82, 2.24) is 9.88 Å². The van der Waals surface area contributed by atoms with Crippen LogP contribution < -0.4 is 4.74 Å². The number of likely N-dealkylation sites (tertiary alicyclic amines) is 1. The number of ether oxygens (including phenoxy) is 1. The van der Waals surface area contributed by atoms with Crippen molar-refractivity contribution >= 4 is 5.91 Å². The zero-order valence-corrected chi connectivity index (χ0v) is 14.3.